The number of hydrogen-bond donors (Lipinski definition) is 2. The number of carboxylic acids is 1. The zero-order valence-corrected chi connectivity index (χ0v) is 14.4. The minimum absolute atomic E-state index is 0.338. The van der Waals surface area contributed by atoms with Crippen LogP contribution in [-0.2, 0) is 9.59 Å². The van der Waals surface area contributed by atoms with Crippen LogP contribution in [0.2, 0.25) is 0 Å². The molecule has 0 spiro atoms. The Hall–Kier alpha value is -3.48. The lowest BCUT2D eigenvalue weighted by Gasteiger charge is -2.08. The average molecular weight is 357 g/mol. The van der Waals surface area contributed by atoms with Crippen LogP contribution < -0.4 is 19.5 Å². The van der Waals surface area contributed by atoms with Crippen LogP contribution in [-0.4, -0.2) is 37.8 Å². The summed E-state index contributed by atoms with van der Waals surface area (Å²) >= 11 is 0. The van der Waals surface area contributed by atoms with Crippen molar-refractivity contribution in [1.82, 2.24) is 0 Å². The zero-order chi connectivity index (χ0) is 18.9. The van der Waals surface area contributed by atoms with E-state index in [0.717, 1.165) is 5.56 Å². The van der Waals surface area contributed by atoms with Crippen molar-refractivity contribution < 1.29 is 28.9 Å². The van der Waals surface area contributed by atoms with E-state index in [1.54, 1.807) is 55.7 Å². The van der Waals surface area contributed by atoms with Crippen LogP contribution in [0.15, 0.2) is 48.5 Å². The predicted octanol–water partition coefficient (Wildman–Crippen LogP) is 2.82. The van der Waals surface area contributed by atoms with Crippen molar-refractivity contribution in [2.45, 2.75) is 0 Å². The van der Waals surface area contributed by atoms with Gasteiger partial charge in [-0.25, -0.2) is 4.79 Å². The molecule has 0 saturated carbocycles. The standard InChI is InChI=1S/C19H19NO6/c1-24-16-8-6-13(10-17(16)25-2)7-9-18(21)20-14-4-3-5-15(11-14)26-12-19(22)23/h3-11H,12H2,1-2H3,(H,20,21)(H,22,23). The minimum Gasteiger partial charge on any atom is -0.493 e. The SMILES string of the molecule is COc1ccc(C=CC(=O)Nc2cccc(OCC(=O)O)c2)cc1OC. The van der Waals surface area contributed by atoms with Gasteiger partial charge < -0.3 is 24.6 Å². The Bertz CT molecular complexity index is 815. The van der Waals surface area contributed by atoms with Crippen LogP contribution >= 0.6 is 0 Å². The molecule has 0 unspecified atom stereocenters. The van der Waals surface area contributed by atoms with E-state index in [4.69, 9.17) is 19.3 Å². The summed E-state index contributed by atoms with van der Waals surface area (Å²) in [7, 11) is 3.09. The molecular weight excluding hydrogens is 338 g/mol. The Labute approximate surface area is 150 Å². The topological polar surface area (TPSA) is 94.1 Å². The monoisotopic (exact) mass is 357 g/mol. The number of carbonyl (C=O) groups is 2. The van der Waals surface area contributed by atoms with E-state index in [2.05, 4.69) is 5.32 Å². The second-order valence-corrected chi connectivity index (χ2v) is 5.15. The van der Waals surface area contributed by atoms with Gasteiger partial charge in [0, 0.05) is 17.8 Å². The van der Waals surface area contributed by atoms with Crippen LogP contribution in [0.25, 0.3) is 6.08 Å². The number of carbonyl (C=O) groups excluding carboxylic acids is 1. The van der Waals surface area contributed by atoms with E-state index in [0.29, 0.717) is 22.9 Å². The summed E-state index contributed by atoms with van der Waals surface area (Å²) in [6.07, 6.45) is 3.02. The summed E-state index contributed by atoms with van der Waals surface area (Å²) in [5, 5.41) is 11.3. The fraction of sp³-hybridized carbons (Fsp3) is 0.158. The lowest BCUT2D eigenvalue weighted by molar-refractivity contribution is -0.139. The Balaban J connectivity index is 2.01. The van der Waals surface area contributed by atoms with E-state index in [-0.39, 0.29) is 5.91 Å². The molecule has 7 nitrogen and oxygen atoms in total. The summed E-state index contributed by atoms with van der Waals surface area (Å²) < 4.78 is 15.5. The maximum Gasteiger partial charge on any atom is 0.341 e. The van der Waals surface area contributed by atoms with E-state index in [1.807, 2.05) is 0 Å². The van der Waals surface area contributed by atoms with Gasteiger partial charge in [-0.2, -0.15) is 0 Å². The van der Waals surface area contributed by atoms with Gasteiger partial charge in [0.05, 0.1) is 14.2 Å². The van der Waals surface area contributed by atoms with Crippen LogP contribution in [0, 0.1) is 0 Å². The van der Waals surface area contributed by atoms with Crippen LogP contribution in [0.4, 0.5) is 5.69 Å². The molecule has 0 fully saturated rings. The van der Waals surface area contributed by atoms with Crippen molar-refractivity contribution in [3.8, 4) is 17.2 Å². The van der Waals surface area contributed by atoms with Gasteiger partial charge in [0.15, 0.2) is 18.1 Å². The molecular formula is C19H19NO6. The Morgan fingerprint density at radius 3 is 2.54 bits per heavy atom. The predicted molar refractivity (Wildman–Crippen MR) is 96.8 cm³/mol. The van der Waals surface area contributed by atoms with Crippen molar-refractivity contribution in [2.24, 2.45) is 0 Å². The van der Waals surface area contributed by atoms with Gasteiger partial charge in [0.2, 0.25) is 5.91 Å². The fourth-order valence-corrected chi connectivity index (χ4v) is 2.12. The summed E-state index contributed by atoms with van der Waals surface area (Å²) in [5.41, 5.74) is 1.27. The molecule has 2 aromatic rings. The van der Waals surface area contributed by atoms with Gasteiger partial charge in [-0.15, -0.1) is 0 Å². The van der Waals surface area contributed by atoms with E-state index in [1.165, 1.54) is 13.2 Å². The molecule has 0 atom stereocenters. The van der Waals surface area contributed by atoms with Gasteiger partial charge in [0.1, 0.15) is 5.75 Å². The number of rotatable bonds is 8. The number of amides is 1. The Morgan fingerprint density at radius 2 is 1.85 bits per heavy atom. The quantitative estimate of drug-likeness (QED) is 0.706. The van der Waals surface area contributed by atoms with Crippen molar-refractivity contribution in [2.75, 3.05) is 26.1 Å². The first-order valence-electron chi connectivity index (χ1n) is 7.67. The number of benzene rings is 2. The Morgan fingerprint density at radius 1 is 1.08 bits per heavy atom. The molecule has 2 aromatic carbocycles. The largest absolute Gasteiger partial charge is 0.493 e. The highest BCUT2D eigenvalue weighted by Crippen LogP contribution is 2.28. The van der Waals surface area contributed by atoms with Gasteiger partial charge >= 0.3 is 5.97 Å². The molecule has 26 heavy (non-hydrogen) atoms. The lowest BCUT2D eigenvalue weighted by atomic mass is 10.2. The molecule has 0 aliphatic carbocycles. The zero-order valence-electron chi connectivity index (χ0n) is 14.4. The summed E-state index contributed by atoms with van der Waals surface area (Å²) in [5.74, 6) is 0.118. The second kappa shape index (κ2) is 9.12. The highest BCUT2D eigenvalue weighted by molar-refractivity contribution is 6.02. The van der Waals surface area contributed by atoms with Gasteiger partial charge in [-0.05, 0) is 35.9 Å². The van der Waals surface area contributed by atoms with Crippen molar-refractivity contribution in [3.63, 3.8) is 0 Å². The van der Waals surface area contributed by atoms with E-state index in [9.17, 15) is 9.59 Å². The maximum absolute atomic E-state index is 12.1. The molecule has 0 aliphatic rings. The molecule has 0 saturated heterocycles. The summed E-state index contributed by atoms with van der Waals surface area (Å²) in [6.45, 7) is -0.448. The third kappa shape index (κ3) is 5.55. The fourth-order valence-electron chi connectivity index (χ4n) is 2.12. The van der Waals surface area contributed by atoms with Crippen molar-refractivity contribution >= 4 is 23.6 Å². The second-order valence-electron chi connectivity index (χ2n) is 5.15. The number of nitrogens with one attached hydrogen (secondary N) is 1. The first kappa shape index (κ1) is 18.9. The van der Waals surface area contributed by atoms with Crippen molar-refractivity contribution in [3.05, 3.63) is 54.1 Å². The number of hydrogen-bond acceptors (Lipinski definition) is 5. The molecule has 7 heteroatoms. The summed E-state index contributed by atoms with van der Waals surface area (Å²) in [4.78, 5) is 22.6. The molecule has 0 bridgehead atoms. The van der Waals surface area contributed by atoms with Crippen molar-refractivity contribution in [1.29, 1.82) is 0 Å². The number of carboxylic acid groups (broad SMARTS) is 1. The van der Waals surface area contributed by atoms with Gasteiger partial charge in [-0.1, -0.05) is 12.1 Å². The lowest BCUT2D eigenvalue weighted by Crippen LogP contribution is -2.10. The number of ether oxygens (including phenoxy) is 3. The maximum atomic E-state index is 12.1. The third-order valence-corrected chi connectivity index (χ3v) is 3.30. The van der Waals surface area contributed by atoms with E-state index < -0.39 is 12.6 Å². The molecule has 1 amide bonds. The first-order valence-corrected chi connectivity index (χ1v) is 7.67. The van der Waals surface area contributed by atoms with Gasteiger partial charge in [0.25, 0.3) is 0 Å². The normalized spacial score (nSPS) is 10.4. The molecule has 0 aromatic heterocycles. The summed E-state index contributed by atoms with van der Waals surface area (Å²) in [6, 6.07) is 11.8. The molecule has 0 aliphatic heterocycles. The van der Waals surface area contributed by atoms with Crippen LogP contribution in [0.1, 0.15) is 5.56 Å². The van der Waals surface area contributed by atoms with Crippen LogP contribution in [0.3, 0.4) is 0 Å². The molecule has 0 radical (unpaired) electrons. The number of anilines is 1. The molecule has 0 heterocycles. The highest BCUT2D eigenvalue weighted by atomic mass is 16.5. The van der Waals surface area contributed by atoms with E-state index >= 15 is 0 Å². The number of aliphatic carboxylic acids is 1. The number of methoxy groups -OCH3 is 2. The molecule has 136 valence electrons. The Kier molecular flexibility index (Phi) is 6.61. The molecule has 2 rings (SSSR count). The average Bonchev–Trinajstić information content (AvgIpc) is 2.64. The third-order valence-electron chi connectivity index (χ3n) is 3.30. The smallest absolute Gasteiger partial charge is 0.341 e. The first-order chi connectivity index (χ1) is 12.5. The highest BCUT2D eigenvalue weighted by Gasteiger charge is 2.04. The van der Waals surface area contributed by atoms with Gasteiger partial charge in [-0.3, -0.25) is 4.79 Å². The minimum atomic E-state index is -1.07. The van der Waals surface area contributed by atoms with Crippen LogP contribution in [0.5, 0.6) is 17.2 Å². The molecule has 2 N–H and O–H groups in total.